The summed E-state index contributed by atoms with van der Waals surface area (Å²) in [5, 5.41) is 21.9. The fourth-order valence-corrected chi connectivity index (χ4v) is 5.72. The van der Waals surface area contributed by atoms with Crippen LogP contribution >= 0.6 is 0 Å². The number of aliphatic hydroxyl groups excluding tert-OH is 1. The highest BCUT2D eigenvalue weighted by atomic mass is 19.1. The maximum Gasteiger partial charge on any atom is 0.253 e. The smallest absolute Gasteiger partial charge is 0.253 e. The fourth-order valence-electron chi connectivity index (χ4n) is 5.72. The molecule has 0 unspecified atom stereocenters. The third-order valence-corrected chi connectivity index (χ3v) is 8.07. The highest BCUT2D eigenvalue weighted by Gasteiger charge is 2.48. The van der Waals surface area contributed by atoms with Gasteiger partial charge in [0.1, 0.15) is 11.6 Å². The lowest BCUT2D eigenvalue weighted by molar-refractivity contribution is 0.0755. The van der Waals surface area contributed by atoms with Crippen LogP contribution in [0, 0.1) is 24.5 Å². The van der Waals surface area contributed by atoms with Crippen molar-refractivity contribution in [2.24, 2.45) is 5.92 Å². The molecule has 1 heterocycles. The first-order valence-electron chi connectivity index (χ1n) is 16.0. The van der Waals surface area contributed by atoms with Crippen LogP contribution in [0.2, 0.25) is 0 Å². The lowest BCUT2D eigenvalue weighted by atomic mass is 9.99. The van der Waals surface area contributed by atoms with Crippen LogP contribution in [0.15, 0.2) is 47.0 Å². The number of halogens is 2. The molecule has 0 spiro atoms. The molecule has 10 heteroatoms. The summed E-state index contributed by atoms with van der Waals surface area (Å²) in [6, 6.07) is 9.20. The van der Waals surface area contributed by atoms with E-state index in [1.165, 1.54) is 12.1 Å². The molecular formula is C35H46F2N4O4. The number of hydrogen-bond acceptors (Lipinski definition) is 6. The Kier molecular flexibility index (Phi) is 11.5. The largest absolute Gasteiger partial charge is 0.390 e. The lowest BCUT2D eigenvalue weighted by Crippen LogP contribution is -2.50. The lowest BCUT2D eigenvalue weighted by Gasteiger charge is -2.27. The van der Waals surface area contributed by atoms with Crippen molar-refractivity contribution < 1.29 is 28.0 Å². The number of carbonyl (C=O) groups excluding carboxylic acids is 2. The average Bonchev–Trinajstić information content (AvgIpc) is 3.63. The van der Waals surface area contributed by atoms with E-state index >= 15 is 0 Å². The first kappa shape index (κ1) is 34.2. The molecule has 0 radical (unpaired) electrons. The van der Waals surface area contributed by atoms with E-state index in [1.54, 1.807) is 23.1 Å². The van der Waals surface area contributed by atoms with Crippen molar-refractivity contribution in [2.75, 3.05) is 19.6 Å². The summed E-state index contributed by atoms with van der Waals surface area (Å²) in [7, 11) is 0. The Morgan fingerprint density at radius 2 is 1.62 bits per heavy atom. The highest BCUT2D eigenvalue weighted by Crippen LogP contribution is 2.45. The molecule has 2 aromatic carbocycles. The summed E-state index contributed by atoms with van der Waals surface area (Å²) in [5.74, 6) is -0.998. The normalized spacial score (nSPS) is 15.1. The topological polar surface area (TPSA) is 108 Å². The van der Waals surface area contributed by atoms with Crippen LogP contribution in [0.5, 0.6) is 0 Å². The minimum absolute atomic E-state index is 0.0184. The van der Waals surface area contributed by atoms with E-state index in [0.717, 1.165) is 49.4 Å². The van der Waals surface area contributed by atoms with Crippen molar-refractivity contribution in [3.63, 3.8) is 0 Å². The van der Waals surface area contributed by atoms with Crippen LogP contribution in [-0.4, -0.2) is 58.8 Å². The van der Waals surface area contributed by atoms with Crippen LogP contribution in [0.25, 0.3) is 0 Å². The Morgan fingerprint density at radius 3 is 2.22 bits per heavy atom. The Labute approximate surface area is 264 Å². The Bertz CT molecular complexity index is 1440. The van der Waals surface area contributed by atoms with Crippen LogP contribution in [0.4, 0.5) is 8.78 Å². The zero-order valence-corrected chi connectivity index (χ0v) is 27.0. The molecule has 0 aliphatic heterocycles. The average molecular weight is 625 g/mol. The van der Waals surface area contributed by atoms with Gasteiger partial charge in [0.05, 0.1) is 23.4 Å². The number of nitrogens with one attached hydrogen (secondary N) is 2. The summed E-state index contributed by atoms with van der Waals surface area (Å²) in [6.45, 7) is 11.4. The fraction of sp³-hybridized carbons (Fsp3) is 0.514. The number of hydrogen-bond donors (Lipinski definition) is 3. The predicted molar refractivity (Wildman–Crippen MR) is 169 cm³/mol. The van der Waals surface area contributed by atoms with E-state index < -0.39 is 35.2 Å². The van der Waals surface area contributed by atoms with E-state index in [1.807, 2.05) is 26.8 Å². The van der Waals surface area contributed by atoms with E-state index in [-0.39, 0.29) is 24.4 Å². The Balaban J connectivity index is 1.53. The Hall–Kier alpha value is -3.63. The second-order valence-electron chi connectivity index (χ2n) is 12.8. The number of benzene rings is 2. The molecule has 0 saturated heterocycles. The van der Waals surface area contributed by atoms with E-state index in [9.17, 15) is 23.5 Å². The van der Waals surface area contributed by atoms with Crippen LogP contribution < -0.4 is 10.6 Å². The van der Waals surface area contributed by atoms with Gasteiger partial charge >= 0.3 is 0 Å². The maximum absolute atomic E-state index is 14.1. The van der Waals surface area contributed by atoms with Gasteiger partial charge in [0.25, 0.3) is 11.8 Å². The minimum Gasteiger partial charge on any atom is -0.390 e. The van der Waals surface area contributed by atoms with Crippen molar-refractivity contribution in [3.8, 4) is 0 Å². The maximum atomic E-state index is 14.1. The van der Waals surface area contributed by atoms with Crippen LogP contribution in [0.3, 0.4) is 0 Å². The van der Waals surface area contributed by atoms with Gasteiger partial charge in [-0.2, -0.15) is 0 Å². The number of aryl methyl sites for hydroxylation is 1. The van der Waals surface area contributed by atoms with Crippen molar-refractivity contribution in [2.45, 2.75) is 90.8 Å². The van der Waals surface area contributed by atoms with E-state index in [4.69, 9.17) is 4.52 Å². The zero-order chi connectivity index (χ0) is 32.7. The number of rotatable bonds is 16. The number of carbonyl (C=O) groups is 2. The molecule has 1 aromatic heterocycles. The standard InChI is InChI=1S/C35H46F2N4O4/c1-6-10-41(11-7-2)34(44)26-14-23(5)13-25(18-26)33(43)39-30(17-24-15-27(36)19-28(37)16-24)31(42)21-38-35(8-9-35)32-20-29(40-45-32)12-22(3)4/h13-16,18-20,22,30-31,38,42H,6-12,17,21H2,1-5H3,(H,39,43)/t30-,31+/m0/s1. The second kappa shape index (κ2) is 15.1. The molecule has 8 nitrogen and oxygen atoms in total. The molecule has 0 bridgehead atoms. The monoisotopic (exact) mass is 624 g/mol. The molecule has 244 valence electrons. The third kappa shape index (κ3) is 9.20. The van der Waals surface area contributed by atoms with Gasteiger partial charge in [0.2, 0.25) is 0 Å². The molecule has 1 aliphatic rings. The zero-order valence-electron chi connectivity index (χ0n) is 27.0. The number of aromatic nitrogens is 1. The second-order valence-corrected chi connectivity index (χ2v) is 12.8. The van der Waals surface area contributed by atoms with Crippen molar-refractivity contribution in [1.29, 1.82) is 0 Å². The summed E-state index contributed by atoms with van der Waals surface area (Å²) in [6.07, 6.45) is 2.89. The summed E-state index contributed by atoms with van der Waals surface area (Å²) in [4.78, 5) is 28.7. The molecular weight excluding hydrogens is 578 g/mol. The quantitative estimate of drug-likeness (QED) is 0.189. The molecule has 45 heavy (non-hydrogen) atoms. The van der Waals surface area contributed by atoms with Gasteiger partial charge in [-0.1, -0.05) is 32.9 Å². The molecule has 1 saturated carbocycles. The molecule has 2 atom stereocenters. The summed E-state index contributed by atoms with van der Waals surface area (Å²) in [5.41, 5.74) is 2.12. The van der Waals surface area contributed by atoms with Gasteiger partial charge in [0.15, 0.2) is 5.76 Å². The molecule has 3 N–H and O–H groups in total. The van der Waals surface area contributed by atoms with E-state index in [0.29, 0.717) is 35.9 Å². The van der Waals surface area contributed by atoms with Crippen molar-refractivity contribution >= 4 is 11.8 Å². The predicted octanol–water partition coefficient (Wildman–Crippen LogP) is 5.70. The van der Waals surface area contributed by atoms with E-state index in [2.05, 4.69) is 29.6 Å². The summed E-state index contributed by atoms with van der Waals surface area (Å²) >= 11 is 0. The van der Waals surface area contributed by atoms with Crippen molar-refractivity contribution in [1.82, 2.24) is 20.7 Å². The molecule has 3 aromatic rings. The first-order chi connectivity index (χ1) is 21.4. The van der Waals surface area contributed by atoms with Gasteiger partial charge in [-0.3, -0.25) is 9.59 Å². The SMILES string of the molecule is CCCN(CCC)C(=O)c1cc(C)cc(C(=O)N[C@@H](Cc2cc(F)cc(F)c2)[C@H](O)CNC2(c3cc(CC(C)C)no3)CC2)c1. The minimum atomic E-state index is -1.12. The Morgan fingerprint density at radius 1 is 0.978 bits per heavy atom. The number of nitrogens with zero attached hydrogens (tertiary/aromatic N) is 2. The molecule has 4 rings (SSSR count). The molecule has 2 amide bonds. The third-order valence-electron chi connectivity index (χ3n) is 8.07. The molecule has 1 fully saturated rings. The van der Waals surface area contributed by atoms with Crippen LogP contribution in [-0.2, 0) is 18.4 Å². The van der Waals surface area contributed by atoms with Crippen molar-refractivity contribution in [3.05, 3.63) is 87.8 Å². The van der Waals surface area contributed by atoms with Gasteiger partial charge in [-0.25, -0.2) is 8.78 Å². The van der Waals surface area contributed by atoms with Gasteiger partial charge in [0, 0.05) is 42.9 Å². The first-order valence-corrected chi connectivity index (χ1v) is 16.0. The van der Waals surface area contributed by atoms with Gasteiger partial charge < -0.3 is 25.2 Å². The van der Waals surface area contributed by atoms with Gasteiger partial charge in [-0.05, 0) is 92.8 Å². The number of amides is 2. The molecule has 1 aliphatic carbocycles. The number of aliphatic hydroxyl groups is 1. The van der Waals surface area contributed by atoms with Crippen LogP contribution in [0.1, 0.15) is 96.7 Å². The summed E-state index contributed by atoms with van der Waals surface area (Å²) < 4.78 is 33.8. The van der Waals surface area contributed by atoms with Gasteiger partial charge in [-0.15, -0.1) is 0 Å². The highest BCUT2D eigenvalue weighted by molar-refractivity contribution is 6.00.